The summed E-state index contributed by atoms with van der Waals surface area (Å²) in [6.45, 7) is 14.2. The first kappa shape index (κ1) is 38.6. The maximum Gasteiger partial charge on any atom is 0.0840 e. The standard InChI is InChI=1S/4C9H12O.Hf/c4*1-9(2,10)8-6-4-3-5-7-8;/h4*3-7,10H,1-2H3;. The summed E-state index contributed by atoms with van der Waals surface area (Å²) >= 11 is 0. The van der Waals surface area contributed by atoms with Crippen LogP contribution in [0, 0.1) is 0 Å². The van der Waals surface area contributed by atoms with Gasteiger partial charge in [-0.3, -0.25) is 0 Å². The van der Waals surface area contributed by atoms with Crippen molar-refractivity contribution >= 4 is 0 Å². The van der Waals surface area contributed by atoms with Crippen molar-refractivity contribution in [2.75, 3.05) is 0 Å². The molecule has 0 saturated heterocycles. The van der Waals surface area contributed by atoms with Gasteiger partial charge < -0.3 is 20.4 Å². The first-order chi connectivity index (χ1) is 18.4. The molecule has 4 rings (SSSR count). The van der Waals surface area contributed by atoms with Crippen molar-refractivity contribution in [2.45, 2.75) is 77.8 Å². The summed E-state index contributed by atoms with van der Waals surface area (Å²) in [6.07, 6.45) is 0. The van der Waals surface area contributed by atoms with Crippen molar-refractivity contribution in [3.8, 4) is 0 Å². The Hall–Kier alpha value is -2.41. The number of benzene rings is 4. The largest absolute Gasteiger partial charge is 0.386 e. The van der Waals surface area contributed by atoms with Gasteiger partial charge in [0.15, 0.2) is 0 Å². The number of hydrogen-bond donors (Lipinski definition) is 4. The van der Waals surface area contributed by atoms with Crippen LogP contribution >= 0.6 is 0 Å². The second kappa shape index (κ2) is 17.5. The van der Waals surface area contributed by atoms with E-state index < -0.39 is 22.4 Å². The Morgan fingerprint density at radius 2 is 0.415 bits per heavy atom. The van der Waals surface area contributed by atoms with Gasteiger partial charge in [0.25, 0.3) is 0 Å². The Kier molecular flexibility index (Phi) is 16.5. The molecule has 0 aromatic heterocycles. The molecular weight excluding hydrogens is 675 g/mol. The van der Waals surface area contributed by atoms with Crippen LogP contribution in [0.25, 0.3) is 0 Å². The molecule has 0 heterocycles. The van der Waals surface area contributed by atoms with Crippen LogP contribution in [-0.4, -0.2) is 20.4 Å². The molecule has 0 atom stereocenters. The molecule has 0 aliphatic heterocycles. The summed E-state index contributed by atoms with van der Waals surface area (Å²) in [6, 6.07) is 38.5. The zero-order valence-corrected chi connectivity index (χ0v) is 29.4. The quantitative estimate of drug-likeness (QED) is 0.163. The van der Waals surface area contributed by atoms with Gasteiger partial charge in [0, 0.05) is 25.8 Å². The summed E-state index contributed by atoms with van der Waals surface area (Å²) < 4.78 is 0. The third-order valence-electron chi connectivity index (χ3n) is 5.92. The van der Waals surface area contributed by atoms with Crippen molar-refractivity contribution in [1.82, 2.24) is 0 Å². The molecule has 0 spiro atoms. The summed E-state index contributed by atoms with van der Waals surface area (Å²) in [4.78, 5) is 0. The van der Waals surface area contributed by atoms with Gasteiger partial charge in [-0.1, -0.05) is 121 Å². The molecule has 0 aliphatic rings. The average Bonchev–Trinajstić information content (AvgIpc) is 2.90. The van der Waals surface area contributed by atoms with Crippen LogP contribution in [0.2, 0.25) is 0 Å². The Labute approximate surface area is 266 Å². The van der Waals surface area contributed by atoms with Crippen LogP contribution in [0.5, 0.6) is 0 Å². The average molecular weight is 723 g/mol. The van der Waals surface area contributed by atoms with Gasteiger partial charge in [-0.2, -0.15) is 0 Å². The Morgan fingerprint density at radius 3 is 0.488 bits per heavy atom. The Balaban J connectivity index is 0.000000516. The van der Waals surface area contributed by atoms with Crippen molar-refractivity contribution < 1.29 is 46.3 Å². The predicted molar refractivity (Wildman–Crippen MR) is 167 cm³/mol. The normalized spacial score (nSPS) is 11.2. The fourth-order valence-corrected chi connectivity index (χ4v) is 3.38. The number of rotatable bonds is 4. The summed E-state index contributed by atoms with van der Waals surface area (Å²) in [5, 5.41) is 38.0. The van der Waals surface area contributed by atoms with E-state index in [1.165, 1.54) is 0 Å². The fraction of sp³-hybridized carbons (Fsp3) is 0.333. The van der Waals surface area contributed by atoms with Crippen molar-refractivity contribution in [3.05, 3.63) is 144 Å². The molecule has 0 unspecified atom stereocenters. The Morgan fingerprint density at radius 1 is 0.293 bits per heavy atom. The first-order valence-corrected chi connectivity index (χ1v) is 13.5. The van der Waals surface area contributed by atoms with Crippen molar-refractivity contribution in [3.63, 3.8) is 0 Å². The minimum Gasteiger partial charge on any atom is -0.386 e. The van der Waals surface area contributed by atoms with Gasteiger partial charge in [-0.15, -0.1) is 0 Å². The molecule has 220 valence electrons. The van der Waals surface area contributed by atoms with Gasteiger partial charge in [0.2, 0.25) is 0 Å². The van der Waals surface area contributed by atoms with E-state index in [-0.39, 0.29) is 25.8 Å². The van der Waals surface area contributed by atoms with Gasteiger partial charge in [0.05, 0.1) is 22.4 Å². The molecule has 4 N–H and O–H groups in total. The minimum absolute atomic E-state index is 0. The Bertz CT molecular complexity index is 988. The maximum atomic E-state index is 9.49. The van der Waals surface area contributed by atoms with Crippen LogP contribution in [-0.2, 0) is 48.2 Å². The molecule has 0 saturated carbocycles. The molecule has 0 bridgehead atoms. The van der Waals surface area contributed by atoms with Gasteiger partial charge in [-0.05, 0) is 77.6 Å². The molecule has 4 aromatic carbocycles. The maximum absolute atomic E-state index is 9.49. The number of hydrogen-bond acceptors (Lipinski definition) is 4. The molecule has 0 aliphatic carbocycles. The van der Waals surface area contributed by atoms with E-state index in [1.54, 1.807) is 55.4 Å². The van der Waals surface area contributed by atoms with E-state index in [4.69, 9.17) is 0 Å². The second-order valence-electron chi connectivity index (χ2n) is 11.7. The predicted octanol–water partition coefficient (Wildman–Crippen LogP) is 7.65. The SMILES string of the molecule is CC(C)(O)c1ccccc1.CC(C)(O)c1ccccc1.CC(C)(O)c1ccccc1.CC(C)(O)c1ccccc1.[Hf]. The van der Waals surface area contributed by atoms with E-state index in [0.717, 1.165) is 22.3 Å². The number of aliphatic hydroxyl groups is 4. The van der Waals surface area contributed by atoms with Gasteiger partial charge in [0.1, 0.15) is 0 Å². The fourth-order valence-electron chi connectivity index (χ4n) is 3.38. The molecular formula is C36H48HfO4. The molecule has 0 amide bonds. The molecule has 4 aromatic rings. The van der Waals surface area contributed by atoms with E-state index in [9.17, 15) is 20.4 Å². The smallest absolute Gasteiger partial charge is 0.0840 e. The van der Waals surface area contributed by atoms with Gasteiger partial charge >= 0.3 is 0 Å². The van der Waals surface area contributed by atoms with Crippen LogP contribution in [0.1, 0.15) is 77.6 Å². The van der Waals surface area contributed by atoms with Crippen LogP contribution < -0.4 is 0 Å². The molecule has 0 fully saturated rings. The van der Waals surface area contributed by atoms with Crippen molar-refractivity contribution in [1.29, 1.82) is 0 Å². The van der Waals surface area contributed by atoms with Crippen LogP contribution in [0.3, 0.4) is 0 Å². The van der Waals surface area contributed by atoms with E-state index >= 15 is 0 Å². The zero-order valence-electron chi connectivity index (χ0n) is 25.8. The molecule has 4 nitrogen and oxygen atoms in total. The molecule has 5 heteroatoms. The summed E-state index contributed by atoms with van der Waals surface area (Å²) in [7, 11) is 0. The summed E-state index contributed by atoms with van der Waals surface area (Å²) in [5.74, 6) is 0. The van der Waals surface area contributed by atoms with Crippen LogP contribution in [0.4, 0.5) is 0 Å². The minimum atomic E-state index is -0.707. The van der Waals surface area contributed by atoms with Crippen molar-refractivity contribution in [2.24, 2.45) is 0 Å². The third kappa shape index (κ3) is 16.6. The van der Waals surface area contributed by atoms with E-state index in [1.807, 2.05) is 121 Å². The monoisotopic (exact) mass is 724 g/mol. The topological polar surface area (TPSA) is 80.9 Å². The molecule has 0 radical (unpaired) electrons. The van der Waals surface area contributed by atoms with Crippen LogP contribution in [0.15, 0.2) is 121 Å². The summed E-state index contributed by atoms with van der Waals surface area (Å²) in [5.41, 5.74) is 0.986. The third-order valence-corrected chi connectivity index (χ3v) is 5.92. The van der Waals surface area contributed by atoms with E-state index in [0.29, 0.717) is 0 Å². The zero-order chi connectivity index (χ0) is 30.5. The molecule has 41 heavy (non-hydrogen) atoms. The van der Waals surface area contributed by atoms with Gasteiger partial charge in [-0.25, -0.2) is 0 Å². The van der Waals surface area contributed by atoms with E-state index in [2.05, 4.69) is 0 Å². The first-order valence-electron chi connectivity index (χ1n) is 13.5. The second-order valence-corrected chi connectivity index (χ2v) is 11.7.